The van der Waals surface area contributed by atoms with E-state index < -0.39 is 23.9 Å². The van der Waals surface area contributed by atoms with E-state index >= 15 is 0 Å². The summed E-state index contributed by atoms with van der Waals surface area (Å²) in [6.07, 6.45) is -1.01. The molecule has 0 aromatic heterocycles. The van der Waals surface area contributed by atoms with Crippen LogP contribution >= 0.6 is 0 Å². The van der Waals surface area contributed by atoms with Crippen LogP contribution in [0.5, 0.6) is 5.75 Å². The predicted octanol–water partition coefficient (Wildman–Crippen LogP) is 5.73. The van der Waals surface area contributed by atoms with E-state index in [-0.39, 0.29) is 30.3 Å². The fourth-order valence-electron chi connectivity index (χ4n) is 5.06. The van der Waals surface area contributed by atoms with Gasteiger partial charge in [-0.2, -0.15) is 0 Å². The lowest BCUT2D eigenvalue weighted by Gasteiger charge is -2.46. The summed E-state index contributed by atoms with van der Waals surface area (Å²) in [5.74, 6) is -1.22. The minimum absolute atomic E-state index is 0.0656. The van der Waals surface area contributed by atoms with Crippen LogP contribution in [0.15, 0.2) is 66.7 Å². The van der Waals surface area contributed by atoms with E-state index in [1.807, 2.05) is 82.3 Å². The van der Waals surface area contributed by atoms with Crippen molar-refractivity contribution < 1.29 is 33.6 Å². The van der Waals surface area contributed by atoms with E-state index in [1.54, 1.807) is 14.0 Å². The Morgan fingerprint density at radius 3 is 2.27 bits per heavy atom. The Hall–Kier alpha value is -2.55. The van der Waals surface area contributed by atoms with Crippen LogP contribution in [0.25, 0.3) is 0 Å². The van der Waals surface area contributed by atoms with Gasteiger partial charge in [0, 0.05) is 24.4 Å². The van der Waals surface area contributed by atoms with Crippen LogP contribution in [0.3, 0.4) is 0 Å². The molecule has 1 aliphatic rings. The van der Waals surface area contributed by atoms with Crippen LogP contribution in [0.2, 0.25) is 0 Å². The molecule has 7 heteroatoms. The number of rotatable bonds is 15. The number of Topliss-reactive ketones (excluding diaryl/α,β-unsaturated/α-hetero) is 1. The van der Waals surface area contributed by atoms with Crippen LogP contribution in [-0.2, 0) is 37.0 Å². The van der Waals surface area contributed by atoms with Crippen LogP contribution < -0.4 is 4.74 Å². The summed E-state index contributed by atoms with van der Waals surface area (Å²) in [5, 5.41) is 11.2. The number of aliphatic hydroxyl groups excluding tert-OH is 1. The number of ether oxygens (including phenoxy) is 5. The quantitative estimate of drug-likeness (QED) is 0.222. The lowest BCUT2D eigenvalue weighted by Crippen LogP contribution is -2.52. The lowest BCUT2D eigenvalue weighted by atomic mass is 9.81. The Morgan fingerprint density at radius 2 is 1.62 bits per heavy atom. The zero-order valence-corrected chi connectivity index (χ0v) is 24.8. The molecular weight excluding hydrogens is 508 g/mol. The van der Waals surface area contributed by atoms with Gasteiger partial charge in [0.1, 0.15) is 11.5 Å². The Labute approximate surface area is 239 Å². The van der Waals surface area contributed by atoms with Gasteiger partial charge in [0.05, 0.1) is 45.2 Å². The molecule has 1 saturated heterocycles. The highest BCUT2D eigenvalue weighted by atomic mass is 16.7. The molecule has 0 bridgehead atoms. The average molecular weight is 555 g/mol. The normalized spacial score (nSPS) is 22.7. The molecule has 1 aliphatic heterocycles. The number of benzene rings is 2. The number of methoxy groups -OCH3 is 1. The molecule has 0 aliphatic carbocycles. The minimum atomic E-state index is -1.04. The summed E-state index contributed by atoms with van der Waals surface area (Å²) < 4.78 is 29.4. The molecule has 7 nitrogen and oxygen atoms in total. The number of carbonyl (C=O) groups is 1. The highest BCUT2D eigenvalue weighted by Crippen LogP contribution is 2.37. The number of aliphatic hydroxyl groups is 1. The summed E-state index contributed by atoms with van der Waals surface area (Å²) in [6.45, 7) is 15.2. The third-order valence-electron chi connectivity index (χ3n) is 7.52. The van der Waals surface area contributed by atoms with Gasteiger partial charge in [-0.1, -0.05) is 69.8 Å². The van der Waals surface area contributed by atoms with Gasteiger partial charge < -0.3 is 28.8 Å². The van der Waals surface area contributed by atoms with Crippen LogP contribution in [-0.4, -0.2) is 55.3 Å². The highest BCUT2D eigenvalue weighted by Gasteiger charge is 2.44. The summed E-state index contributed by atoms with van der Waals surface area (Å²) in [4.78, 5) is 13.1. The van der Waals surface area contributed by atoms with Crippen molar-refractivity contribution in [3.8, 4) is 5.75 Å². The molecule has 1 heterocycles. The third kappa shape index (κ3) is 8.98. The molecule has 3 rings (SSSR count). The van der Waals surface area contributed by atoms with Gasteiger partial charge in [0.25, 0.3) is 0 Å². The predicted molar refractivity (Wildman–Crippen MR) is 155 cm³/mol. The van der Waals surface area contributed by atoms with Crippen molar-refractivity contribution in [2.45, 2.75) is 78.4 Å². The van der Waals surface area contributed by atoms with Crippen molar-refractivity contribution in [3.63, 3.8) is 0 Å². The van der Waals surface area contributed by atoms with Gasteiger partial charge in [-0.25, -0.2) is 0 Å². The summed E-state index contributed by atoms with van der Waals surface area (Å²) >= 11 is 0. The molecule has 40 heavy (non-hydrogen) atoms. The monoisotopic (exact) mass is 554 g/mol. The van der Waals surface area contributed by atoms with Crippen molar-refractivity contribution >= 4 is 5.78 Å². The minimum Gasteiger partial charge on any atom is -0.497 e. The van der Waals surface area contributed by atoms with E-state index in [4.69, 9.17) is 23.7 Å². The van der Waals surface area contributed by atoms with Gasteiger partial charge in [0.2, 0.25) is 0 Å². The van der Waals surface area contributed by atoms with E-state index in [0.29, 0.717) is 31.8 Å². The Morgan fingerprint density at radius 1 is 1.00 bits per heavy atom. The topological polar surface area (TPSA) is 83.5 Å². The van der Waals surface area contributed by atoms with Crippen molar-refractivity contribution in [1.29, 1.82) is 0 Å². The summed E-state index contributed by atoms with van der Waals surface area (Å²) in [7, 11) is 1.64. The Bertz CT molecular complexity index is 1070. The van der Waals surface area contributed by atoms with Gasteiger partial charge in [-0.3, -0.25) is 4.79 Å². The number of ketones is 1. The molecule has 1 N–H and O–H groups in total. The Kier molecular flexibility index (Phi) is 11.9. The summed E-state index contributed by atoms with van der Waals surface area (Å²) in [5.41, 5.74) is 2.61. The zero-order chi connectivity index (χ0) is 29.3. The lowest BCUT2D eigenvalue weighted by molar-refractivity contribution is -0.314. The number of carbonyl (C=O) groups excluding carboxylic acids is 1. The average Bonchev–Trinajstić information content (AvgIpc) is 2.95. The highest BCUT2D eigenvalue weighted by molar-refractivity contribution is 5.83. The van der Waals surface area contributed by atoms with Gasteiger partial charge >= 0.3 is 0 Å². The molecule has 0 saturated carbocycles. The first-order valence-electron chi connectivity index (χ1n) is 14.1. The molecule has 1 fully saturated rings. The molecule has 0 unspecified atom stereocenters. The molecule has 0 radical (unpaired) electrons. The summed E-state index contributed by atoms with van der Waals surface area (Å²) in [6, 6.07) is 17.6. The second-order valence-corrected chi connectivity index (χ2v) is 11.3. The number of hydrogen-bond acceptors (Lipinski definition) is 7. The first-order chi connectivity index (χ1) is 19.0. The maximum absolute atomic E-state index is 13.1. The van der Waals surface area contributed by atoms with Crippen LogP contribution in [0.4, 0.5) is 0 Å². The van der Waals surface area contributed by atoms with E-state index in [9.17, 15) is 9.90 Å². The maximum atomic E-state index is 13.1. The third-order valence-corrected chi connectivity index (χ3v) is 7.52. The van der Waals surface area contributed by atoms with E-state index in [0.717, 1.165) is 16.9 Å². The van der Waals surface area contributed by atoms with E-state index in [2.05, 4.69) is 6.58 Å². The number of hydrogen-bond donors (Lipinski definition) is 1. The first kappa shape index (κ1) is 32.0. The molecule has 0 amide bonds. The Balaban J connectivity index is 1.52. The molecule has 2 aromatic rings. The van der Waals surface area contributed by atoms with Crippen LogP contribution in [0, 0.1) is 17.8 Å². The first-order valence-corrected chi connectivity index (χ1v) is 14.1. The molecule has 220 valence electrons. The van der Waals surface area contributed by atoms with Crippen molar-refractivity contribution in [2.24, 2.45) is 17.8 Å². The standard InChI is InChI=1S/C33H46O7/c1-22(19-38-21-26-11-9-8-10-12-26)30(34)24(3)31(35)25(4)32-23(2)29(39-33(5,6)40-32)17-18-37-20-27-13-15-28(36-7)16-14-27/h8-16,22-24,29,31-32,35H,4,17-21H2,1-3,5-7H3/t22-,23+,24-,29-,31+,32+/m0/s1. The molecule has 2 aromatic carbocycles. The van der Waals surface area contributed by atoms with Crippen molar-refractivity contribution in [2.75, 3.05) is 20.3 Å². The largest absolute Gasteiger partial charge is 0.497 e. The van der Waals surface area contributed by atoms with Crippen molar-refractivity contribution in [1.82, 2.24) is 0 Å². The van der Waals surface area contributed by atoms with Gasteiger partial charge in [0.15, 0.2) is 5.79 Å². The molecular formula is C33H46O7. The second-order valence-electron chi connectivity index (χ2n) is 11.3. The fourth-order valence-corrected chi connectivity index (χ4v) is 5.06. The van der Waals surface area contributed by atoms with Gasteiger partial charge in [-0.15, -0.1) is 0 Å². The smallest absolute Gasteiger partial charge is 0.163 e. The zero-order valence-electron chi connectivity index (χ0n) is 24.8. The fraction of sp³-hybridized carbons (Fsp3) is 0.545. The second kappa shape index (κ2) is 14.9. The SMILES string of the molecule is C=C([C@H](O)[C@@H](C)C(=O)[C@@H](C)COCc1ccccc1)[C@@H]1OC(C)(C)O[C@@H](CCOCc2ccc(OC)cc2)[C@H]1C. The maximum Gasteiger partial charge on any atom is 0.163 e. The van der Waals surface area contributed by atoms with Crippen molar-refractivity contribution in [3.05, 3.63) is 77.9 Å². The van der Waals surface area contributed by atoms with Gasteiger partial charge in [-0.05, 0) is 49.1 Å². The molecule has 0 spiro atoms. The van der Waals surface area contributed by atoms with Crippen LogP contribution in [0.1, 0.15) is 52.2 Å². The molecule has 6 atom stereocenters. The van der Waals surface area contributed by atoms with E-state index in [1.165, 1.54) is 0 Å².